The minimum absolute atomic E-state index is 0.182. The van der Waals surface area contributed by atoms with Crippen LogP contribution in [0.1, 0.15) is 5.89 Å². The number of nitrogens with zero attached hydrogens (tertiary/aromatic N) is 3. The SMILES string of the molecule is [O-][n+]1ccc(-c2noc(CCl)n2)cc1. The summed E-state index contributed by atoms with van der Waals surface area (Å²) >= 11 is 5.50. The summed E-state index contributed by atoms with van der Waals surface area (Å²) in [5, 5.41) is 14.5. The van der Waals surface area contributed by atoms with E-state index in [1.165, 1.54) is 12.4 Å². The molecule has 5 nitrogen and oxygen atoms in total. The first-order valence-electron chi connectivity index (χ1n) is 3.87. The minimum Gasteiger partial charge on any atom is -0.619 e. The summed E-state index contributed by atoms with van der Waals surface area (Å²) in [5.41, 5.74) is 0.720. The average Bonchev–Trinajstić information content (AvgIpc) is 2.67. The van der Waals surface area contributed by atoms with Crippen LogP contribution in [-0.2, 0) is 5.88 Å². The van der Waals surface area contributed by atoms with Crippen LogP contribution in [0.4, 0.5) is 0 Å². The van der Waals surface area contributed by atoms with E-state index in [9.17, 15) is 5.21 Å². The fourth-order valence-corrected chi connectivity index (χ4v) is 1.10. The number of pyridine rings is 1. The van der Waals surface area contributed by atoms with Crippen molar-refractivity contribution in [3.05, 3.63) is 35.6 Å². The van der Waals surface area contributed by atoms with Crippen molar-refractivity contribution in [1.82, 2.24) is 10.1 Å². The first-order chi connectivity index (χ1) is 6.79. The molecule has 2 aromatic heterocycles. The Labute approximate surface area is 84.5 Å². The van der Waals surface area contributed by atoms with Crippen LogP contribution in [0.5, 0.6) is 0 Å². The highest BCUT2D eigenvalue weighted by Crippen LogP contribution is 2.14. The molecule has 14 heavy (non-hydrogen) atoms. The van der Waals surface area contributed by atoms with Crippen molar-refractivity contribution in [3.8, 4) is 11.4 Å². The summed E-state index contributed by atoms with van der Waals surface area (Å²) in [7, 11) is 0. The van der Waals surface area contributed by atoms with E-state index in [1.807, 2.05) is 0 Å². The third-order valence-corrected chi connectivity index (χ3v) is 1.87. The molecule has 0 radical (unpaired) electrons. The second-order valence-corrected chi connectivity index (χ2v) is 2.86. The van der Waals surface area contributed by atoms with Crippen LogP contribution in [0.25, 0.3) is 11.4 Å². The number of halogens is 1. The van der Waals surface area contributed by atoms with Gasteiger partial charge in [-0.2, -0.15) is 9.71 Å². The molecule has 6 heteroatoms. The van der Waals surface area contributed by atoms with E-state index in [-0.39, 0.29) is 5.88 Å². The topological polar surface area (TPSA) is 65.9 Å². The zero-order valence-corrected chi connectivity index (χ0v) is 7.81. The first kappa shape index (κ1) is 8.96. The largest absolute Gasteiger partial charge is 0.619 e. The molecule has 2 rings (SSSR count). The van der Waals surface area contributed by atoms with E-state index in [0.29, 0.717) is 16.4 Å². The van der Waals surface area contributed by atoms with Gasteiger partial charge in [0.05, 0.1) is 0 Å². The molecule has 0 N–H and O–H groups in total. The van der Waals surface area contributed by atoms with E-state index in [0.717, 1.165) is 5.56 Å². The standard InChI is InChI=1S/C8H6ClN3O2/c9-5-7-10-8(11-14-7)6-1-3-12(13)4-2-6/h1-4H,5H2. The van der Waals surface area contributed by atoms with E-state index in [1.54, 1.807) is 12.1 Å². The molecule has 0 bridgehead atoms. The normalized spacial score (nSPS) is 10.4. The van der Waals surface area contributed by atoms with E-state index >= 15 is 0 Å². The first-order valence-corrected chi connectivity index (χ1v) is 4.41. The number of hydrogen-bond acceptors (Lipinski definition) is 4. The third kappa shape index (κ3) is 1.67. The van der Waals surface area contributed by atoms with E-state index in [2.05, 4.69) is 10.1 Å². The molecule has 2 aromatic rings. The quantitative estimate of drug-likeness (QED) is 0.424. The summed E-state index contributed by atoms with van der Waals surface area (Å²) in [6, 6.07) is 3.21. The zero-order valence-electron chi connectivity index (χ0n) is 7.05. The van der Waals surface area contributed by atoms with Crippen molar-refractivity contribution in [2.45, 2.75) is 5.88 Å². The van der Waals surface area contributed by atoms with Gasteiger partial charge in [-0.3, -0.25) is 0 Å². The maximum atomic E-state index is 10.7. The van der Waals surface area contributed by atoms with Crippen molar-refractivity contribution >= 4 is 11.6 Å². The average molecular weight is 212 g/mol. The van der Waals surface area contributed by atoms with E-state index < -0.39 is 0 Å². The lowest BCUT2D eigenvalue weighted by Crippen LogP contribution is -2.23. The Morgan fingerprint density at radius 1 is 1.43 bits per heavy atom. The molecule has 0 aliphatic rings. The predicted octanol–water partition coefficient (Wildman–Crippen LogP) is 1.11. The molecule has 0 saturated heterocycles. The number of aromatic nitrogens is 3. The van der Waals surface area contributed by atoms with Crippen molar-refractivity contribution < 1.29 is 9.25 Å². The Balaban J connectivity index is 2.34. The van der Waals surface area contributed by atoms with Crippen LogP contribution in [0.2, 0.25) is 0 Å². The number of alkyl halides is 1. The predicted molar refractivity (Wildman–Crippen MR) is 48.3 cm³/mol. The Bertz CT molecular complexity index is 426. The van der Waals surface area contributed by atoms with Gasteiger partial charge in [-0.05, 0) is 0 Å². The Hall–Kier alpha value is -1.62. The van der Waals surface area contributed by atoms with Gasteiger partial charge in [0.25, 0.3) is 0 Å². The van der Waals surface area contributed by atoms with Crippen LogP contribution >= 0.6 is 11.6 Å². The lowest BCUT2D eigenvalue weighted by Gasteiger charge is -1.94. The summed E-state index contributed by atoms with van der Waals surface area (Å²) < 4.78 is 5.51. The van der Waals surface area contributed by atoms with Crippen molar-refractivity contribution in [1.29, 1.82) is 0 Å². The van der Waals surface area contributed by atoms with Gasteiger partial charge in [0, 0.05) is 17.7 Å². The van der Waals surface area contributed by atoms with Gasteiger partial charge in [0.2, 0.25) is 11.7 Å². The number of hydrogen-bond donors (Lipinski definition) is 0. The van der Waals surface area contributed by atoms with Crippen LogP contribution in [-0.4, -0.2) is 10.1 Å². The third-order valence-electron chi connectivity index (χ3n) is 1.64. The molecule has 2 heterocycles. The fourth-order valence-electron chi connectivity index (χ4n) is 0.988. The number of rotatable bonds is 2. The second-order valence-electron chi connectivity index (χ2n) is 2.59. The summed E-state index contributed by atoms with van der Waals surface area (Å²) in [6.45, 7) is 0. The molecule has 0 unspecified atom stereocenters. The van der Waals surface area contributed by atoms with Crippen LogP contribution in [0, 0.1) is 5.21 Å². The van der Waals surface area contributed by atoms with Crippen molar-refractivity contribution in [3.63, 3.8) is 0 Å². The summed E-state index contributed by atoms with van der Waals surface area (Å²) in [4.78, 5) is 4.01. The zero-order chi connectivity index (χ0) is 9.97. The minimum atomic E-state index is 0.182. The Morgan fingerprint density at radius 3 is 2.71 bits per heavy atom. The molecule has 0 saturated carbocycles. The highest BCUT2D eigenvalue weighted by molar-refractivity contribution is 6.16. The van der Waals surface area contributed by atoms with Gasteiger partial charge in [-0.25, -0.2) is 0 Å². The summed E-state index contributed by atoms with van der Waals surface area (Å²) in [5.74, 6) is 0.975. The molecule has 0 amide bonds. The van der Waals surface area contributed by atoms with Crippen LogP contribution in [0.3, 0.4) is 0 Å². The highest BCUT2D eigenvalue weighted by Gasteiger charge is 2.07. The lowest BCUT2D eigenvalue weighted by atomic mass is 10.2. The summed E-state index contributed by atoms with van der Waals surface area (Å²) in [6.07, 6.45) is 2.73. The highest BCUT2D eigenvalue weighted by atomic mass is 35.5. The smallest absolute Gasteiger partial charge is 0.241 e. The monoisotopic (exact) mass is 211 g/mol. The lowest BCUT2D eigenvalue weighted by molar-refractivity contribution is -0.605. The Kier molecular flexibility index (Phi) is 2.32. The molecular weight excluding hydrogens is 206 g/mol. The van der Waals surface area contributed by atoms with Crippen LogP contribution < -0.4 is 4.73 Å². The van der Waals surface area contributed by atoms with Gasteiger partial charge in [-0.15, -0.1) is 11.6 Å². The van der Waals surface area contributed by atoms with Crippen molar-refractivity contribution in [2.24, 2.45) is 0 Å². The maximum absolute atomic E-state index is 10.7. The van der Waals surface area contributed by atoms with Gasteiger partial charge in [0.1, 0.15) is 5.88 Å². The fraction of sp³-hybridized carbons (Fsp3) is 0.125. The maximum Gasteiger partial charge on any atom is 0.241 e. The van der Waals surface area contributed by atoms with Gasteiger partial charge in [0.15, 0.2) is 12.4 Å². The molecule has 0 atom stereocenters. The van der Waals surface area contributed by atoms with Gasteiger partial charge < -0.3 is 9.73 Å². The van der Waals surface area contributed by atoms with E-state index in [4.69, 9.17) is 16.1 Å². The molecule has 0 fully saturated rings. The van der Waals surface area contributed by atoms with Crippen molar-refractivity contribution in [2.75, 3.05) is 0 Å². The van der Waals surface area contributed by atoms with Crippen LogP contribution in [0.15, 0.2) is 29.0 Å². The molecule has 0 spiro atoms. The Morgan fingerprint density at radius 2 is 2.14 bits per heavy atom. The molecule has 0 aliphatic heterocycles. The van der Waals surface area contributed by atoms with Gasteiger partial charge in [-0.1, -0.05) is 5.16 Å². The molecule has 0 aliphatic carbocycles. The molecule has 72 valence electrons. The molecular formula is C8H6ClN3O2. The second kappa shape index (κ2) is 3.63. The molecule has 0 aromatic carbocycles. The van der Waals surface area contributed by atoms with Gasteiger partial charge >= 0.3 is 0 Å².